The third-order valence-corrected chi connectivity index (χ3v) is 4.78. The van der Waals surface area contributed by atoms with Crippen LogP contribution in [0.3, 0.4) is 0 Å². The number of halogens is 1. The Morgan fingerprint density at radius 3 is 2.56 bits per heavy atom. The number of nitrogens with one attached hydrogen (secondary N) is 1. The van der Waals surface area contributed by atoms with Gasteiger partial charge in [-0.15, -0.1) is 0 Å². The lowest BCUT2D eigenvalue weighted by molar-refractivity contribution is -0.118. The number of nitrogens with zero attached hydrogens (tertiary/aromatic N) is 1. The van der Waals surface area contributed by atoms with Gasteiger partial charge in [-0.3, -0.25) is 4.79 Å². The maximum absolute atomic E-state index is 12.3. The maximum atomic E-state index is 12.3. The number of carbonyl (C=O) groups is 1. The number of carbonyl (C=O) groups excluding carboxylic acids is 1. The molecule has 0 aliphatic rings. The van der Waals surface area contributed by atoms with Crippen LogP contribution >= 0.6 is 11.6 Å². The van der Waals surface area contributed by atoms with Crippen LogP contribution in [0, 0.1) is 18.3 Å². The first kappa shape index (κ1) is 22.9. The molecule has 3 aromatic carbocycles. The van der Waals surface area contributed by atoms with Crippen molar-refractivity contribution in [2.75, 3.05) is 18.5 Å². The van der Waals surface area contributed by atoms with E-state index < -0.39 is 0 Å². The van der Waals surface area contributed by atoms with Crippen LogP contribution in [0.25, 0.3) is 11.6 Å². The quantitative estimate of drug-likeness (QED) is 0.334. The summed E-state index contributed by atoms with van der Waals surface area (Å²) in [6.07, 6.45) is 1.73. The van der Waals surface area contributed by atoms with E-state index in [1.54, 1.807) is 18.2 Å². The lowest BCUT2D eigenvalue weighted by atomic mass is 10.0. The summed E-state index contributed by atoms with van der Waals surface area (Å²) in [5, 5.41) is 12.7. The van der Waals surface area contributed by atoms with Gasteiger partial charge < -0.3 is 14.8 Å². The molecule has 0 bridgehead atoms. The Hall–Kier alpha value is -3.75. The topological polar surface area (TPSA) is 71.3 Å². The van der Waals surface area contributed by atoms with E-state index in [-0.39, 0.29) is 23.3 Å². The number of benzene rings is 3. The Labute approximate surface area is 192 Å². The van der Waals surface area contributed by atoms with E-state index in [2.05, 4.69) is 11.4 Å². The van der Waals surface area contributed by atoms with Crippen molar-refractivity contribution >= 4 is 34.8 Å². The van der Waals surface area contributed by atoms with Crippen molar-refractivity contribution in [2.24, 2.45) is 0 Å². The van der Waals surface area contributed by atoms with E-state index in [9.17, 15) is 10.1 Å². The van der Waals surface area contributed by atoms with Crippen molar-refractivity contribution in [1.29, 1.82) is 5.26 Å². The van der Waals surface area contributed by atoms with Gasteiger partial charge in [-0.25, -0.2) is 0 Å². The third kappa shape index (κ3) is 6.13. The molecule has 0 saturated carbocycles. The molecule has 0 spiro atoms. The Morgan fingerprint density at radius 2 is 1.88 bits per heavy atom. The number of ether oxygens (including phenoxy) is 2. The number of rotatable bonds is 8. The second-order valence-corrected chi connectivity index (χ2v) is 7.41. The molecule has 3 rings (SSSR count). The Morgan fingerprint density at radius 1 is 1.09 bits per heavy atom. The van der Waals surface area contributed by atoms with Gasteiger partial charge in [0.25, 0.3) is 5.91 Å². The van der Waals surface area contributed by atoms with Gasteiger partial charge in [0.1, 0.15) is 0 Å². The summed E-state index contributed by atoms with van der Waals surface area (Å²) >= 11 is 6.46. The standard InChI is InChI=1S/C26H23ClN2O3/c1-3-31-24-15-19(13-21(16-28)20-9-5-4-6-10-20)14-23(27)26(24)32-17-25(30)29-22-11-7-8-18(2)12-22/h4-15H,3,17H2,1-2H3,(H,29,30)/b21-13+. The van der Waals surface area contributed by atoms with Crippen LogP contribution in [0.15, 0.2) is 66.7 Å². The summed E-state index contributed by atoms with van der Waals surface area (Å²) in [6, 6.07) is 22.5. The van der Waals surface area contributed by atoms with Gasteiger partial charge in [-0.2, -0.15) is 5.26 Å². The number of allylic oxidation sites excluding steroid dienone is 1. The van der Waals surface area contributed by atoms with Crippen LogP contribution in [0.1, 0.15) is 23.6 Å². The molecule has 0 heterocycles. The van der Waals surface area contributed by atoms with E-state index in [1.807, 2.05) is 68.4 Å². The molecule has 0 aromatic heterocycles. The van der Waals surface area contributed by atoms with Crippen molar-refractivity contribution < 1.29 is 14.3 Å². The minimum absolute atomic E-state index is 0.226. The molecule has 0 aliphatic heterocycles. The molecule has 1 N–H and O–H groups in total. The molecule has 0 unspecified atom stereocenters. The number of amides is 1. The van der Waals surface area contributed by atoms with Gasteiger partial charge in [-0.1, -0.05) is 54.1 Å². The zero-order chi connectivity index (χ0) is 22.9. The van der Waals surface area contributed by atoms with E-state index in [1.165, 1.54) is 0 Å². The van der Waals surface area contributed by atoms with E-state index in [0.717, 1.165) is 11.1 Å². The second-order valence-electron chi connectivity index (χ2n) is 7.01. The molecule has 0 fully saturated rings. The maximum Gasteiger partial charge on any atom is 0.262 e. The lowest BCUT2D eigenvalue weighted by Gasteiger charge is -2.15. The van der Waals surface area contributed by atoms with Crippen molar-refractivity contribution in [3.8, 4) is 17.6 Å². The van der Waals surface area contributed by atoms with Crippen LogP contribution < -0.4 is 14.8 Å². The van der Waals surface area contributed by atoms with Crippen molar-refractivity contribution in [2.45, 2.75) is 13.8 Å². The zero-order valence-corrected chi connectivity index (χ0v) is 18.6. The molecule has 0 saturated heterocycles. The lowest BCUT2D eigenvalue weighted by Crippen LogP contribution is -2.20. The Kier molecular flexibility index (Phi) is 7.91. The fourth-order valence-corrected chi connectivity index (χ4v) is 3.37. The minimum Gasteiger partial charge on any atom is -0.490 e. The average molecular weight is 447 g/mol. The monoisotopic (exact) mass is 446 g/mol. The first-order chi connectivity index (χ1) is 15.5. The van der Waals surface area contributed by atoms with Crippen molar-refractivity contribution in [3.63, 3.8) is 0 Å². The van der Waals surface area contributed by atoms with Gasteiger partial charge >= 0.3 is 0 Å². The smallest absolute Gasteiger partial charge is 0.262 e. The predicted octanol–water partition coefficient (Wildman–Crippen LogP) is 6.13. The van der Waals surface area contributed by atoms with Gasteiger partial charge in [0.05, 0.1) is 23.3 Å². The average Bonchev–Trinajstić information content (AvgIpc) is 2.77. The zero-order valence-electron chi connectivity index (χ0n) is 17.9. The van der Waals surface area contributed by atoms with Crippen LogP contribution in [-0.4, -0.2) is 19.1 Å². The summed E-state index contributed by atoms with van der Waals surface area (Å²) in [5.74, 6) is 0.372. The van der Waals surface area contributed by atoms with Gasteiger partial charge in [0.2, 0.25) is 0 Å². The first-order valence-corrected chi connectivity index (χ1v) is 10.5. The highest BCUT2D eigenvalue weighted by molar-refractivity contribution is 6.32. The Bertz CT molecular complexity index is 1170. The fraction of sp³-hybridized carbons (Fsp3) is 0.154. The van der Waals surface area contributed by atoms with Gasteiger partial charge in [-0.05, 0) is 60.9 Å². The molecule has 3 aromatic rings. The summed E-state index contributed by atoms with van der Waals surface area (Å²) in [6.45, 7) is 3.96. The molecular formula is C26H23ClN2O3. The van der Waals surface area contributed by atoms with E-state index >= 15 is 0 Å². The van der Waals surface area contributed by atoms with Gasteiger partial charge in [0, 0.05) is 5.69 Å². The second kappa shape index (κ2) is 11.0. The minimum atomic E-state index is -0.311. The van der Waals surface area contributed by atoms with E-state index in [4.69, 9.17) is 21.1 Å². The largest absolute Gasteiger partial charge is 0.490 e. The Balaban J connectivity index is 1.80. The van der Waals surface area contributed by atoms with Gasteiger partial charge in [0.15, 0.2) is 18.1 Å². The molecular weight excluding hydrogens is 424 g/mol. The highest BCUT2D eigenvalue weighted by Crippen LogP contribution is 2.37. The predicted molar refractivity (Wildman–Crippen MR) is 128 cm³/mol. The number of aryl methyl sites for hydroxylation is 1. The molecule has 0 aliphatic carbocycles. The molecule has 5 nitrogen and oxygen atoms in total. The summed E-state index contributed by atoms with van der Waals surface area (Å²) < 4.78 is 11.4. The number of hydrogen-bond donors (Lipinski definition) is 1. The number of hydrogen-bond acceptors (Lipinski definition) is 4. The molecule has 0 atom stereocenters. The van der Waals surface area contributed by atoms with E-state index in [0.29, 0.717) is 29.2 Å². The van der Waals surface area contributed by atoms with Crippen LogP contribution in [0.5, 0.6) is 11.5 Å². The number of nitriles is 1. The van der Waals surface area contributed by atoms with Crippen molar-refractivity contribution in [1.82, 2.24) is 0 Å². The molecule has 32 heavy (non-hydrogen) atoms. The summed E-state index contributed by atoms with van der Waals surface area (Å²) in [4.78, 5) is 12.3. The molecule has 0 radical (unpaired) electrons. The first-order valence-electron chi connectivity index (χ1n) is 10.1. The SMILES string of the molecule is CCOc1cc(/C=C(\C#N)c2ccccc2)cc(Cl)c1OCC(=O)Nc1cccc(C)c1. The fourth-order valence-electron chi connectivity index (χ4n) is 3.10. The molecule has 6 heteroatoms. The summed E-state index contributed by atoms with van der Waals surface area (Å²) in [7, 11) is 0. The van der Waals surface area contributed by atoms with Crippen LogP contribution in [0.2, 0.25) is 5.02 Å². The highest BCUT2D eigenvalue weighted by atomic mass is 35.5. The van der Waals surface area contributed by atoms with Crippen LogP contribution in [0.4, 0.5) is 5.69 Å². The normalized spacial score (nSPS) is 10.9. The molecule has 1 amide bonds. The highest BCUT2D eigenvalue weighted by Gasteiger charge is 2.15. The number of anilines is 1. The third-order valence-electron chi connectivity index (χ3n) is 4.50. The summed E-state index contributed by atoms with van der Waals surface area (Å²) in [5.41, 5.74) is 3.73. The van der Waals surface area contributed by atoms with Crippen molar-refractivity contribution in [3.05, 3.63) is 88.4 Å². The van der Waals surface area contributed by atoms with Crippen LogP contribution in [-0.2, 0) is 4.79 Å². The molecule has 162 valence electrons.